The van der Waals surface area contributed by atoms with Gasteiger partial charge in [0, 0.05) is 5.02 Å². The molecule has 106 valence electrons. The van der Waals surface area contributed by atoms with Crippen LogP contribution in [0.4, 0.5) is 0 Å². The second kappa shape index (κ2) is 6.25. The second-order valence-corrected chi connectivity index (χ2v) is 7.63. The second-order valence-electron chi connectivity index (χ2n) is 5.05. The highest BCUT2D eigenvalue weighted by Gasteiger charge is 2.28. The lowest BCUT2D eigenvalue weighted by atomic mass is 10.2. The van der Waals surface area contributed by atoms with Crippen LogP contribution < -0.4 is 0 Å². The van der Waals surface area contributed by atoms with Gasteiger partial charge in [0.15, 0.2) is 0 Å². The van der Waals surface area contributed by atoms with Crippen molar-refractivity contribution in [2.45, 2.75) is 43.4 Å². The monoisotopic (exact) mass is 322 g/mol. The average Bonchev–Trinajstić information content (AvgIpc) is 2.28. The summed E-state index contributed by atoms with van der Waals surface area (Å²) in [4.78, 5) is 12.2. The van der Waals surface area contributed by atoms with Crippen molar-refractivity contribution >= 4 is 40.0 Å². The Morgan fingerprint density at radius 1 is 1.32 bits per heavy atom. The SMILES string of the molecule is CC(C(=O)OC(C)(C)C)S(=O)c1cc(Cl)ccc1Cl. The minimum Gasteiger partial charge on any atom is -0.459 e. The summed E-state index contributed by atoms with van der Waals surface area (Å²) in [5.41, 5.74) is -0.617. The minimum absolute atomic E-state index is 0.318. The molecule has 0 bridgehead atoms. The van der Waals surface area contributed by atoms with Gasteiger partial charge in [-0.25, -0.2) is 0 Å². The molecule has 0 N–H and O–H groups in total. The molecule has 2 atom stereocenters. The Kier molecular flexibility index (Phi) is 5.42. The third-order valence-corrected chi connectivity index (χ3v) is 4.45. The zero-order valence-corrected chi connectivity index (χ0v) is 13.5. The number of halogens is 2. The third kappa shape index (κ3) is 4.79. The van der Waals surface area contributed by atoms with E-state index in [0.717, 1.165) is 0 Å². The molecule has 0 fully saturated rings. The van der Waals surface area contributed by atoms with Gasteiger partial charge in [0.1, 0.15) is 10.9 Å². The van der Waals surface area contributed by atoms with Crippen molar-refractivity contribution in [2.75, 3.05) is 0 Å². The maximum Gasteiger partial charge on any atom is 0.322 e. The fourth-order valence-electron chi connectivity index (χ4n) is 1.29. The number of hydrogen-bond acceptors (Lipinski definition) is 3. The summed E-state index contributed by atoms with van der Waals surface area (Å²) in [6.45, 7) is 6.81. The maximum absolute atomic E-state index is 12.3. The molecule has 0 saturated heterocycles. The molecule has 19 heavy (non-hydrogen) atoms. The summed E-state index contributed by atoms with van der Waals surface area (Å²) in [5.74, 6) is -0.526. The van der Waals surface area contributed by atoms with Crippen LogP contribution in [0.5, 0.6) is 0 Å². The van der Waals surface area contributed by atoms with Crippen molar-refractivity contribution in [3.8, 4) is 0 Å². The minimum atomic E-state index is -1.61. The number of hydrogen-bond donors (Lipinski definition) is 0. The molecule has 0 aliphatic rings. The van der Waals surface area contributed by atoms with Gasteiger partial charge in [0.05, 0.1) is 20.7 Å². The van der Waals surface area contributed by atoms with Crippen molar-refractivity contribution in [2.24, 2.45) is 0 Å². The van der Waals surface area contributed by atoms with Crippen molar-refractivity contribution in [3.05, 3.63) is 28.2 Å². The lowest BCUT2D eigenvalue weighted by Crippen LogP contribution is -2.32. The van der Waals surface area contributed by atoms with Crippen molar-refractivity contribution in [1.82, 2.24) is 0 Å². The van der Waals surface area contributed by atoms with E-state index in [1.807, 2.05) is 0 Å². The Morgan fingerprint density at radius 3 is 2.42 bits per heavy atom. The Balaban J connectivity index is 2.94. The zero-order valence-electron chi connectivity index (χ0n) is 11.2. The van der Waals surface area contributed by atoms with Crippen LogP contribution >= 0.6 is 23.2 Å². The summed E-state index contributed by atoms with van der Waals surface area (Å²) in [5, 5.41) is -0.0718. The first-order valence-corrected chi connectivity index (χ1v) is 7.67. The van der Waals surface area contributed by atoms with E-state index in [2.05, 4.69) is 0 Å². The Labute approximate surface area is 125 Å². The fourth-order valence-corrected chi connectivity index (χ4v) is 2.98. The first-order chi connectivity index (χ1) is 8.61. The van der Waals surface area contributed by atoms with Gasteiger partial charge in [-0.15, -0.1) is 0 Å². The molecule has 0 aliphatic carbocycles. The summed E-state index contributed by atoms with van der Waals surface area (Å²) in [6, 6.07) is 4.66. The van der Waals surface area contributed by atoms with Crippen molar-refractivity contribution < 1.29 is 13.7 Å². The summed E-state index contributed by atoms with van der Waals surface area (Å²) in [7, 11) is -1.61. The van der Waals surface area contributed by atoms with Crippen LogP contribution in [0.3, 0.4) is 0 Å². The molecule has 1 rings (SSSR count). The number of benzene rings is 1. The van der Waals surface area contributed by atoms with Gasteiger partial charge in [-0.2, -0.15) is 0 Å². The highest BCUT2D eigenvalue weighted by atomic mass is 35.5. The van der Waals surface area contributed by atoms with E-state index in [4.69, 9.17) is 27.9 Å². The average molecular weight is 323 g/mol. The first kappa shape index (κ1) is 16.5. The van der Waals surface area contributed by atoms with Crippen molar-refractivity contribution in [3.63, 3.8) is 0 Å². The number of carbonyl (C=O) groups excluding carboxylic acids is 1. The van der Waals surface area contributed by atoms with E-state index in [1.165, 1.54) is 6.07 Å². The number of esters is 1. The van der Waals surface area contributed by atoms with Gasteiger partial charge in [0.25, 0.3) is 0 Å². The summed E-state index contributed by atoms with van der Waals surface area (Å²) in [6.07, 6.45) is 0. The Bertz CT molecular complexity index is 509. The van der Waals surface area contributed by atoms with Crippen LogP contribution in [0.15, 0.2) is 23.1 Å². The number of carbonyl (C=O) groups is 1. The number of rotatable bonds is 3. The predicted octanol–water partition coefficient (Wildman–Crippen LogP) is 3.83. The zero-order chi connectivity index (χ0) is 14.8. The van der Waals surface area contributed by atoms with Crippen LogP contribution in [-0.4, -0.2) is 21.0 Å². The molecule has 3 nitrogen and oxygen atoms in total. The lowest BCUT2D eigenvalue weighted by molar-refractivity contribution is -0.153. The highest BCUT2D eigenvalue weighted by Crippen LogP contribution is 2.26. The van der Waals surface area contributed by atoms with Crippen molar-refractivity contribution in [1.29, 1.82) is 0 Å². The molecule has 0 aliphatic heterocycles. The van der Waals surface area contributed by atoms with E-state index >= 15 is 0 Å². The quantitative estimate of drug-likeness (QED) is 0.794. The van der Waals surface area contributed by atoms with Gasteiger partial charge in [-0.05, 0) is 45.9 Å². The van der Waals surface area contributed by atoms with Gasteiger partial charge >= 0.3 is 5.97 Å². The van der Waals surface area contributed by atoms with E-state index in [9.17, 15) is 9.00 Å². The van der Waals surface area contributed by atoms with E-state index in [1.54, 1.807) is 39.8 Å². The van der Waals surface area contributed by atoms with E-state index in [-0.39, 0.29) is 0 Å². The summed E-state index contributed by atoms with van der Waals surface area (Å²) < 4.78 is 17.5. The van der Waals surface area contributed by atoms with E-state index in [0.29, 0.717) is 14.9 Å². The molecule has 0 amide bonds. The first-order valence-electron chi connectivity index (χ1n) is 5.70. The topological polar surface area (TPSA) is 43.4 Å². The third-order valence-electron chi connectivity index (χ3n) is 2.17. The van der Waals surface area contributed by atoms with Crippen LogP contribution in [0.25, 0.3) is 0 Å². The van der Waals surface area contributed by atoms with Gasteiger partial charge in [0.2, 0.25) is 0 Å². The lowest BCUT2D eigenvalue weighted by Gasteiger charge is -2.22. The molecule has 0 heterocycles. The van der Waals surface area contributed by atoms with E-state index < -0.39 is 27.6 Å². The summed E-state index contributed by atoms with van der Waals surface area (Å²) >= 11 is 11.8. The molecule has 0 saturated carbocycles. The Morgan fingerprint density at radius 2 is 1.89 bits per heavy atom. The molecule has 1 aromatic carbocycles. The van der Waals surface area contributed by atoms with Crippen LogP contribution in [0.2, 0.25) is 10.0 Å². The molecule has 0 radical (unpaired) electrons. The maximum atomic E-state index is 12.3. The number of ether oxygens (including phenoxy) is 1. The molecule has 2 unspecified atom stereocenters. The molecule has 0 spiro atoms. The van der Waals surface area contributed by atoms with Gasteiger partial charge < -0.3 is 4.74 Å². The van der Waals surface area contributed by atoms with Crippen LogP contribution in [0, 0.1) is 0 Å². The predicted molar refractivity (Wildman–Crippen MR) is 78.2 cm³/mol. The highest BCUT2D eigenvalue weighted by molar-refractivity contribution is 7.86. The Hall–Kier alpha value is -0.580. The largest absolute Gasteiger partial charge is 0.459 e. The fraction of sp³-hybridized carbons (Fsp3) is 0.462. The van der Waals surface area contributed by atoms with Crippen LogP contribution in [-0.2, 0) is 20.3 Å². The standard InChI is InChI=1S/C13H16Cl2O3S/c1-8(12(16)18-13(2,3)4)19(17)11-7-9(14)5-6-10(11)15/h5-8H,1-4H3. The van der Waals surface area contributed by atoms with Crippen LogP contribution in [0.1, 0.15) is 27.7 Å². The van der Waals surface area contributed by atoms with Gasteiger partial charge in [-0.1, -0.05) is 23.2 Å². The molecular formula is C13H16Cl2O3S. The molecular weight excluding hydrogens is 307 g/mol. The smallest absolute Gasteiger partial charge is 0.322 e. The molecule has 1 aromatic rings. The normalized spacial score (nSPS) is 14.8. The molecule has 0 aromatic heterocycles. The molecule has 6 heteroatoms. The van der Waals surface area contributed by atoms with Gasteiger partial charge in [-0.3, -0.25) is 9.00 Å².